The first-order valence-electron chi connectivity index (χ1n) is 10.7. The van der Waals surface area contributed by atoms with E-state index in [1.165, 1.54) is 12.2 Å². The van der Waals surface area contributed by atoms with E-state index in [0.717, 1.165) is 11.3 Å². The zero-order valence-corrected chi connectivity index (χ0v) is 19.1. The van der Waals surface area contributed by atoms with Gasteiger partial charge < -0.3 is 15.8 Å². The van der Waals surface area contributed by atoms with Crippen LogP contribution in [0.5, 0.6) is 0 Å². The van der Waals surface area contributed by atoms with Gasteiger partial charge in [-0.3, -0.25) is 14.3 Å². The molecule has 2 aromatic rings. The number of primary amides is 1. The van der Waals surface area contributed by atoms with Crippen molar-refractivity contribution >= 4 is 17.8 Å². The van der Waals surface area contributed by atoms with Gasteiger partial charge in [-0.15, -0.1) is 0 Å². The van der Waals surface area contributed by atoms with E-state index in [4.69, 9.17) is 10.5 Å². The lowest BCUT2D eigenvalue weighted by atomic mass is 9.92. The minimum absolute atomic E-state index is 0.0641. The molecule has 8 heteroatoms. The van der Waals surface area contributed by atoms with Crippen molar-refractivity contribution in [1.29, 1.82) is 0 Å². The third-order valence-corrected chi connectivity index (χ3v) is 4.73. The second-order valence-corrected chi connectivity index (χ2v) is 8.50. The number of aromatic nitrogens is 2. The Morgan fingerprint density at radius 2 is 1.91 bits per heavy atom. The van der Waals surface area contributed by atoms with E-state index < -0.39 is 17.9 Å². The van der Waals surface area contributed by atoms with Gasteiger partial charge in [-0.1, -0.05) is 57.2 Å². The standard InChI is InChI=1S/C24H32N4O4/c1-5-32-22(30)14-12-18(11-13-21(25)29)26-23(31)19-15-20(24(2,3)4)27-28(19)16-17-9-7-6-8-10-17/h6-10,12,14-15,18H,5,11,13,16H2,1-4H3,(H2,25,29)(H,26,31)/t18-/m0/s1. The molecule has 3 N–H and O–H groups in total. The Labute approximate surface area is 188 Å². The molecule has 172 valence electrons. The van der Waals surface area contributed by atoms with Gasteiger partial charge in [-0.05, 0) is 25.0 Å². The van der Waals surface area contributed by atoms with Crippen molar-refractivity contribution in [2.75, 3.05) is 6.61 Å². The molecule has 1 heterocycles. The van der Waals surface area contributed by atoms with Gasteiger partial charge in [0.1, 0.15) is 5.69 Å². The smallest absolute Gasteiger partial charge is 0.330 e. The van der Waals surface area contributed by atoms with E-state index in [-0.39, 0.29) is 30.8 Å². The molecular formula is C24H32N4O4. The molecule has 0 unspecified atom stereocenters. The molecule has 0 aliphatic rings. The van der Waals surface area contributed by atoms with Gasteiger partial charge in [-0.25, -0.2) is 4.79 Å². The van der Waals surface area contributed by atoms with E-state index in [0.29, 0.717) is 12.2 Å². The number of ether oxygens (including phenoxy) is 1. The molecule has 0 radical (unpaired) electrons. The SMILES string of the molecule is CCOC(=O)C=C[C@H](CCC(N)=O)NC(=O)c1cc(C(C)(C)C)nn1Cc1ccccc1. The third kappa shape index (κ3) is 7.68. The first kappa shape index (κ1) is 24.8. The number of rotatable bonds is 10. The lowest BCUT2D eigenvalue weighted by Gasteiger charge is -2.15. The Kier molecular flexibility index (Phi) is 8.75. The summed E-state index contributed by atoms with van der Waals surface area (Å²) in [5.74, 6) is -1.36. The quantitative estimate of drug-likeness (QED) is 0.435. The van der Waals surface area contributed by atoms with Gasteiger partial charge in [0, 0.05) is 24.0 Å². The Balaban J connectivity index is 2.29. The molecule has 2 rings (SSSR count). The highest BCUT2D eigenvalue weighted by molar-refractivity contribution is 5.93. The fourth-order valence-corrected chi connectivity index (χ4v) is 2.98. The van der Waals surface area contributed by atoms with Crippen LogP contribution >= 0.6 is 0 Å². The van der Waals surface area contributed by atoms with Crippen LogP contribution in [0.15, 0.2) is 48.6 Å². The monoisotopic (exact) mass is 440 g/mol. The molecule has 0 bridgehead atoms. The summed E-state index contributed by atoms with van der Waals surface area (Å²) in [7, 11) is 0. The Bertz CT molecular complexity index is 958. The maximum Gasteiger partial charge on any atom is 0.330 e. The average Bonchev–Trinajstić information content (AvgIpc) is 3.15. The molecule has 1 atom stereocenters. The molecule has 0 spiro atoms. The summed E-state index contributed by atoms with van der Waals surface area (Å²) in [5.41, 5.74) is 7.22. The number of amides is 2. The lowest BCUT2D eigenvalue weighted by molar-refractivity contribution is -0.137. The number of nitrogens with zero attached hydrogens (tertiary/aromatic N) is 2. The highest BCUT2D eigenvalue weighted by Gasteiger charge is 2.24. The fraction of sp³-hybridized carbons (Fsp3) is 0.417. The van der Waals surface area contributed by atoms with Crippen LogP contribution in [0.3, 0.4) is 0 Å². The molecule has 0 saturated carbocycles. The molecule has 0 saturated heterocycles. The number of esters is 1. The lowest BCUT2D eigenvalue weighted by Crippen LogP contribution is -2.36. The van der Waals surface area contributed by atoms with Gasteiger partial charge in [0.15, 0.2) is 0 Å². The summed E-state index contributed by atoms with van der Waals surface area (Å²) in [6.45, 7) is 8.48. The van der Waals surface area contributed by atoms with Crippen LogP contribution < -0.4 is 11.1 Å². The number of hydrogen-bond acceptors (Lipinski definition) is 5. The normalized spacial score (nSPS) is 12.5. The molecule has 32 heavy (non-hydrogen) atoms. The summed E-state index contributed by atoms with van der Waals surface area (Å²) in [4.78, 5) is 36.1. The van der Waals surface area contributed by atoms with Crippen LogP contribution in [0.1, 0.15) is 62.3 Å². The second kappa shape index (κ2) is 11.3. The number of benzene rings is 1. The first-order valence-corrected chi connectivity index (χ1v) is 10.7. The largest absolute Gasteiger partial charge is 0.463 e. The number of hydrogen-bond donors (Lipinski definition) is 2. The second-order valence-electron chi connectivity index (χ2n) is 8.50. The summed E-state index contributed by atoms with van der Waals surface area (Å²) in [6, 6.07) is 10.9. The zero-order valence-electron chi connectivity index (χ0n) is 19.1. The van der Waals surface area contributed by atoms with Crippen LogP contribution in [0, 0.1) is 0 Å². The van der Waals surface area contributed by atoms with Crippen LogP contribution in [0.4, 0.5) is 0 Å². The number of carbonyl (C=O) groups excluding carboxylic acids is 3. The van der Waals surface area contributed by atoms with Gasteiger partial charge in [-0.2, -0.15) is 5.10 Å². The Hall–Kier alpha value is -3.42. The third-order valence-electron chi connectivity index (χ3n) is 4.73. The topological polar surface area (TPSA) is 116 Å². The summed E-state index contributed by atoms with van der Waals surface area (Å²) >= 11 is 0. The van der Waals surface area contributed by atoms with Crippen molar-refractivity contribution in [1.82, 2.24) is 15.1 Å². The Morgan fingerprint density at radius 3 is 2.50 bits per heavy atom. The van der Waals surface area contributed by atoms with Gasteiger partial charge in [0.05, 0.1) is 18.8 Å². The highest BCUT2D eigenvalue weighted by atomic mass is 16.5. The van der Waals surface area contributed by atoms with Crippen molar-refractivity contribution in [3.05, 3.63) is 65.5 Å². The average molecular weight is 441 g/mol. The minimum atomic E-state index is -0.572. The fourth-order valence-electron chi connectivity index (χ4n) is 2.98. The molecule has 2 amide bonds. The molecule has 8 nitrogen and oxygen atoms in total. The van der Waals surface area contributed by atoms with Crippen molar-refractivity contribution in [2.24, 2.45) is 5.73 Å². The number of carbonyl (C=O) groups is 3. The van der Waals surface area contributed by atoms with Crippen LogP contribution in [-0.4, -0.2) is 40.2 Å². The predicted molar refractivity (Wildman–Crippen MR) is 122 cm³/mol. The molecule has 0 aliphatic carbocycles. The van der Waals surface area contributed by atoms with Crippen LogP contribution in [-0.2, 0) is 26.3 Å². The number of nitrogens with two attached hydrogens (primary N) is 1. The molecule has 1 aromatic heterocycles. The van der Waals surface area contributed by atoms with Crippen molar-refractivity contribution in [3.63, 3.8) is 0 Å². The maximum absolute atomic E-state index is 13.2. The van der Waals surface area contributed by atoms with Gasteiger partial charge in [0.25, 0.3) is 5.91 Å². The first-order chi connectivity index (χ1) is 15.1. The van der Waals surface area contributed by atoms with Gasteiger partial charge >= 0.3 is 5.97 Å². The molecular weight excluding hydrogens is 408 g/mol. The van der Waals surface area contributed by atoms with Crippen LogP contribution in [0.25, 0.3) is 0 Å². The molecule has 0 fully saturated rings. The highest BCUT2D eigenvalue weighted by Crippen LogP contribution is 2.22. The van der Waals surface area contributed by atoms with Gasteiger partial charge in [0.2, 0.25) is 5.91 Å². The molecule has 1 aromatic carbocycles. The van der Waals surface area contributed by atoms with Crippen molar-refractivity contribution in [2.45, 2.75) is 58.5 Å². The molecule has 0 aliphatic heterocycles. The summed E-state index contributed by atoms with van der Waals surface area (Å²) in [6.07, 6.45) is 3.09. The van der Waals surface area contributed by atoms with E-state index in [1.54, 1.807) is 17.7 Å². The van der Waals surface area contributed by atoms with Crippen molar-refractivity contribution < 1.29 is 19.1 Å². The Morgan fingerprint density at radius 1 is 1.22 bits per heavy atom. The van der Waals surface area contributed by atoms with E-state index in [9.17, 15) is 14.4 Å². The zero-order chi connectivity index (χ0) is 23.7. The summed E-state index contributed by atoms with van der Waals surface area (Å²) < 4.78 is 6.56. The number of nitrogens with one attached hydrogen (secondary N) is 1. The summed E-state index contributed by atoms with van der Waals surface area (Å²) in [5, 5.41) is 7.54. The minimum Gasteiger partial charge on any atom is -0.463 e. The van der Waals surface area contributed by atoms with Crippen molar-refractivity contribution in [3.8, 4) is 0 Å². The van der Waals surface area contributed by atoms with Crippen LogP contribution in [0.2, 0.25) is 0 Å². The van der Waals surface area contributed by atoms with E-state index >= 15 is 0 Å². The van der Waals surface area contributed by atoms with E-state index in [2.05, 4.69) is 10.4 Å². The maximum atomic E-state index is 13.2. The predicted octanol–water partition coefficient (Wildman–Crippen LogP) is 2.71. The van der Waals surface area contributed by atoms with E-state index in [1.807, 2.05) is 51.1 Å².